The zero-order valence-electron chi connectivity index (χ0n) is 8.92. The van der Waals surface area contributed by atoms with E-state index in [1.807, 2.05) is 13.8 Å². The van der Waals surface area contributed by atoms with Crippen molar-refractivity contribution in [2.45, 2.75) is 33.1 Å². The number of rotatable bonds is 2. The van der Waals surface area contributed by atoms with Gasteiger partial charge in [-0.1, -0.05) is 19.1 Å². The van der Waals surface area contributed by atoms with E-state index in [4.69, 9.17) is 5.26 Å². The van der Waals surface area contributed by atoms with Crippen LogP contribution in [0.2, 0.25) is 0 Å². The molecular weight excluding hydrogens is 174 g/mol. The fraction of sp³-hybridized carbons (Fsp3) is 0.667. The van der Waals surface area contributed by atoms with Gasteiger partial charge in [0.05, 0.1) is 6.07 Å². The average Bonchev–Trinajstić information content (AvgIpc) is 2.12. The second-order valence-corrected chi connectivity index (χ2v) is 4.36. The smallest absolute Gasteiger partial charge is 0.136 e. The summed E-state index contributed by atoms with van der Waals surface area (Å²) in [4.78, 5) is 11.6. The maximum atomic E-state index is 11.6. The van der Waals surface area contributed by atoms with Crippen LogP contribution in [0.3, 0.4) is 0 Å². The Balaban J connectivity index is 2.72. The van der Waals surface area contributed by atoms with Crippen LogP contribution in [0.25, 0.3) is 0 Å². The molecule has 0 bridgehead atoms. The van der Waals surface area contributed by atoms with Crippen LogP contribution in [0.1, 0.15) is 33.1 Å². The van der Waals surface area contributed by atoms with E-state index in [2.05, 4.69) is 12.6 Å². The predicted molar refractivity (Wildman–Crippen MR) is 55.4 cm³/mol. The molecule has 1 aliphatic rings. The maximum absolute atomic E-state index is 11.6. The number of nitriles is 1. The third-order valence-electron chi connectivity index (χ3n) is 3.30. The molecule has 3 atom stereocenters. The van der Waals surface area contributed by atoms with Crippen molar-refractivity contribution in [2.24, 2.45) is 17.8 Å². The Morgan fingerprint density at radius 3 is 2.86 bits per heavy atom. The van der Waals surface area contributed by atoms with Crippen LogP contribution in [0.5, 0.6) is 0 Å². The summed E-state index contributed by atoms with van der Waals surface area (Å²) in [6, 6.07) is 2.17. The molecule has 0 aromatic carbocycles. The number of carbonyl (C=O) groups excluding carboxylic acids is 1. The van der Waals surface area contributed by atoms with Gasteiger partial charge in [0.25, 0.3) is 0 Å². The van der Waals surface area contributed by atoms with E-state index in [0.717, 1.165) is 12.0 Å². The Morgan fingerprint density at radius 2 is 2.36 bits per heavy atom. The van der Waals surface area contributed by atoms with Crippen molar-refractivity contribution in [3.05, 3.63) is 12.2 Å². The normalized spacial score (nSPS) is 32.4. The lowest BCUT2D eigenvalue weighted by Crippen LogP contribution is -2.31. The van der Waals surface area contributed by atoms with Gasteiger partial charge in [0, 0.05) is 18.8 Å². The van der Waals surface area contributed by atoms with Gasteiger partial charge in [-0.2, -0.15) is 5.26 Å². The van der Waals surface area contributed by atoms with E-state index >= 15 is 0 Å². The number of Topliss-reactive ketones (excluding diaryl/α,β-unsaturated/α-hetero) is 1. The SMILES string of the molecule is C=C(C)[C@@H]1CC(=O)[C@@H](C)[C@@H](CC#N)C1. The summed E-state index contributed by atoms with van der Waals surface area (Å²) < 4.78 is 0. The van der Waals surface area contributed by atoms with Gasteiger partial charge in [0.2, 0.25) is 0 Å². The highest BCUT2D eigenvalue weighted by Crippen LogP contribution is 2.36. The molecule has 1 saturated carbocycles. The predicted octanol–water partition coefficient (Wildman–Crippen LogP) is 2.71. The molecule has 0 spiro atoms. The van der Waals surface area contributed by atoms with Crippen molar-refractivity contribution >= 4 is 5.78 Å². The summed E-state index contributed by atoms with van der Waals surface area (Å²) in [5.41, 5.74) is 1.08. The summed E-state index contributed by atoms with van der Waals surface area (Å²) in [6.07, 6.45) is 2.07. The minimum Gasteiger partial charge on any atom is -0.299 e. The van der Waals surface area contributed by atoms with Crippen molar-refractivity contribution in [1.82, 2.24) is 0 Å². The summed E-state index contributed by atoms with van der Waals surface area (Å²) in [6.45, 7) is 7.81. The first-order chi connectivity index (χ1) is 6.56. The van der Waals surface area contributed by atoms with Crippen molar-refractivity contribution in [3.8, 4) is 6.07 Å². The lowest BCUT2D eigenvalue weighted by Gasteiger charge is -2.32. The zero-order chi connectivity index (χ0) is 10.7. The highest BCUT2D eigenvalue weighted by molar-refractivity contribution is 5.82. The monoisotopic (exact) mass is 191 g/mol. The first-order valence-electron chi connectivity index (χ1n) is 5.11. The molecule has 1 aliphatic carbocycles. The van der Waals surface area contributed by atoms with Gasteiger partial charge >= 0.3 is 0 Å². The van der Waals surface area contributed by atoms with Crippen LogP contribution in [-0.4, -0.2) is 5.78 Å². The minimum atomic E-state index is 0.0604. The second kappa shape index (κ2) is 4.41. The fourth-order valence-electron chi connectivity index (χ4n) is 2.10. The molecular formula is C12H17NO. The van der Waals surface area contributed by atoms with Gasteiger partial charge in [-0.15, -0.1) is 0 Å². The largest absolute Gasteiger partial charge is 0.299 e. The van der Waals surface area contributed by atoms with Crippen molar-refractivity contribution in [1.29, 1.82) is 5.26 Å². The van der Waals surface area contributed by atoms with Gasteiger partial charge < -0.3 is 0 Å². The molecule has 0 unspecified atom stereocenters. The van der Waals surface area contributed by atoms with Crippen LogP contribution >= 0.6 is 0 Å². The third kappa shape index (κ3) is 2.23. The molecule has 0 heterocycles. The topological polar surface area (TPSA) is 40.9 Å². The highest BCUT2D eigenvalue weighted by Gasteiger charge is 2.33. The van der Waals surface area contributed by atoms with Crippen LogP contribution in [0.4, 0.5) is 0 Å². The Morgan fingerprint density at radius 1 is 1.71 bits per heavy atom. The molecule has 0 aromatic heterocycles. The molecule has 1 fully saturated rings. The second-order valence-electron chi connectivity index (χ2n) is 4.36. The van der Waals surface area contributed by atoms with E-state index in [1.54, 1.807) is 0 Å². The minimum absolute atomic E-state index is 0.0604. The Hall–Kier alpha value is -1.10. The van der Waals surface area contributed by atoms with Crippen LogP contribution in [0.15, 0.2) is 12.2 Å². The van der Waals surface area contributed by atoms with E-state index < -0.39 is 0 Å². The number of hydrogen-bond acceptors (Lipinski definition) is 2. The maximum Gasteiger partial charge on any atom is 0.136 e. The summed E-state index contributed by atoms with van der Waals surface area (Å²) in [5.74, 6) is 0.898. The van der Waals surface area contributed by atoms with Crippen LogP contribution in [-0.2, 0) is 4.79 Å². The Labute approximate surface area is 85.6 Å². The van der Waals surface area contributed by atoms with E-state index in [1.165, 1.54) is 0 Å². The summed E-state index contributed by atoms with van der Waals surface area (Å²) in [7, 11) is 0. The van der Waals surface area contributed by atoms with Gasteiger partial charge in [-0.25, -0.2) is 0 Å². The fourth-order valence-corrected chi connectivity index (χ4v) is 2.10. The molecule has 0 amide bonds. The van der Waals surface area contributed by atoms with E-state index in [9.17, 15) is 4.79 Å². The molecule has 0 radical (unpaired) electrons. The standard InChI is InChI=1S/C12H17NO/c1-8(2)11-6-10(4-5-13)9(3)12(14)7-11/h9-11H,1,4,6-7H2,2-3H3/t9-,10-,11-/m0/s1. The summed E-state index contributed by atoms with van der Waals surface area (Å²) in [5, 5.41) is 8.66. The van der Waals surface area contributed by atoms with E-state index in [-0.39, 0.29) is 11.8 Å². The first-order valence-corrected chi connectivity index (χ1v) is 5.11. The first kappa shape index (κ1) is 11.0. The molecule has 0 aromatic rings. The molecule has 0 N–H and O–H groups in total. The zero-order valence-corrected chi connectivity index (χ0v) is 8.92. The number of ketones is 1. The summed E-state index contributed by atoms with van der Waals surface area (Å²) >= 11 is 0. The van der Waals surface area contributed by atoms with Crippen molar-refractivity contribution in [2.75, 3.05) is 0 Å². The van der Waals surface area contributed by atoms with Crippen LogP contribution in [0, 0.1) is 29.1 Å². The third-order valence-corrected chi connectivity index (χ3v) is 3.30. The number of hydrogen-bond donors (Lipinski definition) is 0. The van der Waals surface area contributed by atoms with Crippen molar-refractivity contribution < 1.29 is 4.79 Å². The Bertz CT molecular complexity index is 287. The Kier molecular flexibility index (Phi) is 3.46. The van der Waals surface area contributed by atoms with Gasteiger partial charge in [0.15, 0.2) is 0 Å². The molecule has 0 aliphatic heterocycles. The number of nitrogens with zero attached hydrogens (tertiary/aromatic N) is 1. The molecule has 14 heavy (non-hydrogen) atoms. The lowest BCUT2D eigenvalue weighted by atomic mass is 9.71. The van der Waals surface area contributed by atoms with Crippen LogP contribution < -0.4 is 0 Å². The molecule has 2 heteroatoms. The van der Waals surface area contributed by atoms with Gasteiger partial charge in [0.1, 0.15) is 5.78 Å². The van der Waals surface area contributed by atoms with Gasteiger partial charge in [-0.05, 0) is 25.2 Å². The lowest BCUT2D eigenvalue weighted by molar-refractivity contribution is -0.127. The van der Waals surface area contributed by atoms with E-state index in [0.29, 0.717) is 24.5 Å². The highest BCUT2D eigenvalue weighted by atomic mass is 16.1. The quantitative estimate of drug-likeness (QED) is 0.630. The van der Waals surface area contributed by atoms with Gasteiger partial charge in [-0.3, -0.25) is 4.79 Å². The number of carbonyl (C=O) groups is 1. The van der Waals surface area contributed by atoms with Crippen molar-refractivity contribution in [3.63, 3.8) is 0 Å². The average molecular weight is 191 g/mol. The molecule has 1 rings (SSSR count). The number of allylic oxidation sites excluding steroid dienone is 1. The molecule has 0 saturated heterocycles. The molecule has 76 valence electrons. The molecule has 2 nitrogen and oxygen atoms in total.